The van der Waals surface area contributed by atoms with Gasteiger partial charge in [0.15, 0.2) is 0 Å². The van der Waals surface area contributed by atoms with Crippen LogP contribution >= 0.6 is 11.8 Å². The van der Waals surface area contributed by atoms with Crippen LogP contribution in [0.15, 0.2) is 18.2 Å². The number of benzene rings is 1. The van der Waals surface area contributed by atoms with E-state index in [1.807, 2.05) is 0 Å². The highest BCUT2D eigenvalue weighted by atomic mass is 32.2. The normalized spacial score (nSPS) is 10.1. The van der Waals surface area contributed by atoms with Crippen molar-refractivity contribution in [3.05, 3.63) is 24.0 Å². The molecule has 0 unspecified atom stereocenters. The maximum atomic E-state index is 13.2. The molecule has 4 heteroatoms. The van der Waals surface area contributed by atoms with Gasteiger partial charge in [0.25, 0.3) is 0 Å². The Bertz CT molecular complexity index is 291. The summed E-state index contributed by atoms with van der Waals surface area (Å²) >= 11 is 1.79. The third-order valence-electron chi connectivity index (χ3n) is 1.83. The average molecular weight is 214 g/mol. The number of nitrogens with one attached hydrogen (secondary N) is 1. The highest BCUT2D eigenvalue weighted by Crippen LogP contribution is 2.16. The van der Waals surface area contributed by atoms with Crippen LogP contribution in [0, 0.1) is 5.82 Å². The van der Waals surface area contributed by atoms with Gasteiger partial charge in [-0.15, -0.1) is 0 Å². The van der Waals surface area contributed by atoms with Crippen LogP contribution in [0.25, 0.3) is 0 Å². The quantitative estimate of drug-likeness (QED) is 0.584. The van der Waals surface area contributed by atoms with Crippen LogP contribution in [0.3, 0.4) is 0 Å². The summed E-state index contributed by atoms with van der Waals surface area (Å²) in [5.74, 6) is 0.804. The van der Waals surface area contributed by atoms with E-state index in [1.165, 1.54) is 6.07 Å². The summed E-state index contributed by atoms with van der Waals surface area (Å²) < 4.78 is 13.2. The topological polar surface area (TPSA) is 38.0 Å². The van der Waals surface area contributed by atoms with E-state index in [4.69, 9.17) is 5.73 Å². The molecular formula is C10H15FN2S. The number of thioether (sulfide) groups is 1. The molecule has 0 aromatic heterocycles. The number of rotatable bonds is 5. The minimum atomic E-state index is -0.283. The Morgan fingerprint density at radius 3 is 2.93 bits per heavy atom. The van der Waals surface area contributed by atoms with Gasteiger partial charge in [0, 0.05) is 12.2 Å². The number of nitrogens with two attached hydrogens (primary N) is 1. The fraction of sp³-hybridized carbons (Fsp3) is 0.400. The van der Waals surface area contributed by atoms with Crippen LogP contribution in [0.4, 0.5) is 15.8 Å². The molecule has 0 aliphatic carbocycles. The Hall–Kier alpha value is -0.900. The SMILES string of the molecule is CSCCCNc1ccc(N)cc1F. The van der Waals surface area contributed by atoms with Gasteiger partial charge in [-0.3, -0.25) is 0 Å². The third kappa shape index (κ3) is 3.46. The molecule has 2 nitrogen and oxygen atoms in total. The monoisotopic (exact) mass is 214 g/mol. The first-order chi connectivity index (χ1) is 6.74. The van der Waals surface area contributed by atoms with Crippen molar-refractivity contribution >= 4 is 23.1 Å². The lowest BCUT2D eigenvalue weighted by Crippen LogP contribution is -2.04. The Kier molecular flexibility index (Phi) is 4.59. The molecule has 1 aromatic carbocycles. The second-order valence-electron chi connectivity index (χ2n) is 3.01. The van der Waals surface area contributed by atoms with Crippen molar-refractivity contribution in [3.63, 3.8) is 0 Å². The van der Waals surface area contributed by atoms with Gasteiger partial charge in [0.1, 0.15) is 5.82 Å². The van der Waals surface area contributed by atoms with E-state index in [1.54, 1.807) is 23.9 Å². The molecule has 78 valence electrons. The van der Waals surface area contributed by atoms with E-state index < -0.39 is 0 Å². The molecule has 14 heavy (non-hydrogen) atoms. The molecule has 0 aliphatic heterocycles. The van der Waals surface area contributed by atoms with Crippen LogP contribution in [0.1, 0.15) is 6.42 Å². The number of halogens is 1. The number of hydrogen-bond acceptors (Lipinski definition) is 3. The first kappa shape index (κ1) is 11.2. The minimum Gasteiger partial charge on any atom is -0.399 e. The van der Waals surface area contributed by atoms with Crippen LogP contribution in [0.2, 0.25) is 0 Å². The van der Waals surface area contributed by atoms with Crippen molar-refractivity contribution in [2.75, 3.05) is 29.6 Å². The van der Waals surface area contributed by atoms with Gasteiger partial charge >= 0.3 is 0 Å². The molecule has 0 saturated carbocycles. The summed E-state index contributed by atoms with van der Waals surface area (Å²) in [7, 11) is 0. The van der Waals surface area contributed by atoms with E-state index in [-0.39, 0.29) is 5.82 Å². The summed E-state index contributed by atoms with van der Waals surface area (Å²) in [5.41, 5.74) is 6.42. The zero-order chi connectivity index (χ0) is 10.4. The molecule has 0 saturated heterocycles. The third-order valence-corrected chi connectivity index (χ3v) is 2.53. The zero-order valence-corrected chi connectivity index (χ0v) is 9.03. The van der Waals surface area contributed by atoms with Gasteiger partial charge in [0.2, 0.25) is 0 Å². The zero-order valence-electron chi connectivity index (χ0n) is 8.22. The highest BCUT2D eigenvalue weighted by molar-refractivity contribution is 7.98. The van der Waals surface area contributed by atoms with Gasteiger partial charge in [-0.05, 0) is 36.6 Å². The Balaban J connectivity index is 2.42. The van der Waals surface area contributed by atoms with Crippen LogP contribution in [0.5, 0.6) is 0 Å². The summed E-state index contributed by atoms with van der Waals surface area (Å²) in [5, 5.41) is 3.03. The van der Waals surface area contributed by atoms with E-state index in [9.17, 15) is 4.39 Å². The molecule has 0 bridgehead atoms. The van der Waals surface area contributed by atoms with Crippen LogP contribution < -0.4 is 11.1 Å². The van der Waals surface area contributed by atoms with Crippen LogP contribution in [-0.4, -0.2) is 18.6 Å². The smallest absolute Gasteiger partial charge is 0.148 e. The maximum Gasteiger partial charge on any atom is 0.148 e. The fourth-order valence-electron chi connectivity index (χ4n) is 1.11. The lowest BCUT2D eigenvalue weighted by atomic mass is 10.2. The number of nitrogen functional groups attached to an aromatic ring is 1. The van der Waals surface area contributed by atoms with Gasteiger partial charge in [-0.2, -0.15) is 11.8 Å². The second-order valence-corrected chi connectivity index (χ2v) is 4.00. The summed E-state index contributed by atoms with van der Waals surface area (Å²) in [6, 6.07) is 4.70. The average Bonchev–Trinajstić information content (AvgIpc) is 2.15. The summed E-state index contributed by atoms with van der Waals surface area (Å²) in [6.07, 6.45) is 3.09. The van der Waals surface area contributed by atoms with E-state index in [2.05, 4.69) is 11.6 Å². The lowest BCUT2D eigenvalue weighted by Gasteiger charge is -2.07. The maximum absolute atomic E-state index is 13.2. The molecule has 0 atom stereocenters. The highest BCUT2D eigenvalue weighted by Gasteiger charge is 2.00. The van der Waals surface area contributed by atoms with Gasteiger partial charge in [0.05, 0.1) is 5.69 Å². The molecule has 0 aliphatic rings. The van der Waals surface area contributed by atoms with Crippen molar-refractivity contribution in [1.82, 2.24) is 0 Å². The number of hydrogen-bond donors (Lipinski definition) is 2. The Morgan fingerprint density at radius 2 is 2.29 bits per heavy atom. The fourth-order valence-corrected chi connectivity index (χ4v) is 1.55. The predicted octanol–water partition coefficient (Wildman–Crippen LogP) is 2.57. The molecular weight excluding hydrogens is 199 g/mol. The second kappa shape index (κ2) is 5.75. The first-order valence-electron chi connectivity index (χ1n) is 4.52. The summed E-state index contributed by atoms with van der Waals surface area (Å²) in [4.78, 5) is 0. The van der Waals surface area contributed by atoms with Gasteiger partial charge in [-0.25, -0.2) is 4.39 Å². The largest absolute Gasteiger partial charge is 0.399 e. The predicted molar refractivity (Wildman–Crippen MR) is 62.3 cm³/mol. The van der Waals surface area contributed by atoms with E-state index in [0.717, 1.165) is 18.7 Å². The van der Waals surface area contributed by atoms with E-state index >= 15 is 0 Å². The summed E-state index contributed by atoms with van der Waals surface area (Å²) in [6.45, 7) is 0.793. The molecule has 3 N–H and O–H groups in total. The van der Waals surface area contributed by atoms with Gasteiger partial charge in [-0.1, -0.05) is 0 Å². The van der Waals surface area contributed by atoms with Crippen molar-refractivity contribution in [3.8, 4) is 0 Å². The van der Waals surface area contributed by atoms with Gasteiger partial charge < -0.3 is 11.1 Å². The first-order valence-corrected chi connectivity index (χ1v) is 5.91. The molecule has 0 heterocycles. The van der Waals surface area contributed by atoms with Crippen molar-refractivity contribution < 1.29 is 4.39 Å². The molecule has 0 radical (unpaired) electrons. The molecule has 1 rings (SSSR count). The standard InChI is InChI=1S/C10H15FN2S/c1-14-6-2-5-13-10-4-3-8(12)7-9(10)11/h3-4,7,13H,2,5-6,12H2,1H3. The molecule has 1 aromatic rings. The van der Waals surface area contributed by atoms with E-state index in [0.29, 0.717) is 11.4 Å². The van der Waals surface area contributed by atoms with Crippen molar-refractivity contribution in [1.29, 1.82) is 0 Å². The Labute approximate surface area is 88.1 Å². The van der Waals surface area contributed by atoms with Crippen molar-refractivity contribution in [2.24, 2.45) is 0 Å². The molecule has 0 amide bonds. The molecule has 0 fully saturated rings. The number of anilines is 2. The lowest BCUT2D eigenvalue weighted by molar-refractivity contribution is 0.630. The minimum absolute atomic E-state index is 0.283. The Morgan fingerprint density at radius 1 is 1.50 bits per heavy atom. The molecule has 0 spiro atoms. The van der Waals surface area contributed by atoms with Crippen molar-refractivity contribution in [2.45, 2.75) is 6.42 Å². The van der Waals surface area contributed by atoms with Crippen LogP contribution in [-0.2, 0) is 0 Å².